The van der Waals surface area contributed by atoms with Crippen LogP contribution in [-0.4, -0.2) is 32.3 Å². The van der Waals surface area contributed by atoms with Gasteiger partial charge >= 0.3 is 5.69 Å². The fraction of sp³-hybridized carbons (Fsp3) is 0.348. The zero-order chi connectivity index (χ0) is 20.8. The van der Waals surface area contributed by atoms with Crippen LogP contribution < -0.4 is 5.69 Å². The first kappa shape index (κ1) is 18.9. The molecule has 1 saturated carbocycles. The molecule has 30 heavy (non-hydrogen) atoms. The number of benzene rings is 1. The number of aryl methyl sites for hydroxylation is 1. The van der Waals surface area contributed by atoms with Crippen molar-refractivity contribution in [1.82, 2.24) is 19.1 Å². The van der Waals surface area contributed by atoms with Crippen molar-refractivity contribution in [3.63, 3.8) is 0 Å². The maximum atomic E-state index is 13.3. The Kier molecular flexibility index (Phi) is 4.62. The Labute approximate surface area is 172 Å². The van der Waals surface area contributed by atoms with Gasteiger partial charge in [0.25, 0.3) is 0 Å². The lowest BCUT2D eigenvalue weighted by Gasteiger charge is -2.29. The van der Waals surface area contributed by atoms with Gasteiger partial charge in [-0.3, -0.25) is 14.1 Å². The summed E-state index contributed by atoms with van der Waals surface area (Å²) in [6, 6.07) is 9.05. The molecule has 1 fully saturated rings. The minimum absolute atomic E-state index is 0.0325. The summed E-state index contributed by atoms with van der Waals surface area (Å²) in [6.45, 7) is 0. The Balaban J connectivity index is 1.75. The highest BCUT2D eigenvalue weighted by atomic mass is 19.1. The number of hydrogen-bond donors (Lipinski definition) is 0. The van der Waals surface area contributed by atoms with Gasteiger partial charge in [0.05, 0.1) is 28.9 Å². The van der Waals surface area contributed by atoms with Crippen molar-refractivity contribution in [1.29, 1.82) is 0 Å². The van der Waals surface area contributed by atoms with Crippen LogP contribution in [0.15, 0.2) is 47.5 Å². The van der Waals surface area contributed by atoms with Gasteiger partial charge < -0.3 is 4.74 Å². The number of imidazole rings is 1. The molecular formula is C23H23FN4O2. The molecule has 0 aliphatic heterocycles. The minimum Gasteiger partial charge on any atom is -0.381 e. The Hall–Kier alpha value is -3.06. The molecule has 0 radical (unpaired) electrons. The Bertz CT molecular complexity index is 1290. The fourth-order valence-electron chi connectivity index (χ4n) is 4.66. The fourth-order valence-corrected chi connectivity index (χ4v) is 4.66. The molecule has 5 rings (SSSR count). The van der Waals surface area contributed by atoms with Crippen molar-refractivity contribution >= 4 is 21.9 Å². The number of ether oxygens (including phenoxy) is 1. The van der Waals surface area contributed by atoms with Gasteiger partial charge in [-0.1, -0.05) is 6.07 Å². The van der Waals surface area contributed by atoms with Crippen LogP contribution in [0.5, 0.6) is 0 Å². The normalized spacial score (nSPS) is 19.6. The molecule has 1 aliphatic rings. The molecule has 0 bridgehead atoms. The van der Waals surface area contributed by atoms with E-state index in [2.05, 4.69) is 9.97 Å². The maximum absolute atomic E-state index is 13.3. The second-order valence-electron chi connectivity index (χ2n) is 7.98. The SMILES string of the molecule is COC1CCCC(n2c(=O)n(C)c3cnc4ccc(-c5ccc(F)nc5)cc4c32)C1. The molecule has 2 atom stereocenters. The van der Waals surface area contributed by atoms with Gasteiger partial charge in [0.15, 0.2) is 0 Å². The Morgan fingerprint density at radius 2 is 1.93 bits per heavy atom. The van der Waals surface area contributed by atoms with Gasteiger partial charge in [-0.15, -0.1) is 0 Å². The molecule has 1 aromatic carbocycles. The van der Waals surface area contributed by atoms with Crippen molar-refractivity contribution in [3.8, 4) is 11.1 Å². The maximum Gasteiger partial charge on any atom is 0.329 e. The van der Waals surface area contributed by atoms with E-state index in [-0.39, 0.29) is 17.8 Å². The number of rotatable bonds is 3. The standard InChI is InChI=1S/C23H23FN4O2/c1-27-20-13-25-19-8-6-14(15-7-9-21(24)26-12-15)10-18(19)22(20)28(23(27)29)16-4-3-5-17(11-16)30-2/h6-10,12-13,16-17H,3-5,11H2,1-2H3. The highest BCUT2D eigenvalue weighted by molar-refractivity contribution is 6.04. The molecule has 4 aromatic rings. The summed E-state index contributed by atoms with van der Waals surface area (Å²) in [4.78, 5) is 21.6. The van der Waals surface area contributed by atoms with Crippen LogP contribution in [0.1, 0.15) is 31.7 Å². The number of nitrogens with zero attached hydrogens (tertiary/aromatic N) is 4. The first-order valence-corrected chi connectivity index (χ1v) is 10.2. The Morgan fingerprint density at radius 1 is 1.10 bits per heavy atom. The quantitative estimate of drug-likeness (QED) is 0.478. The van der Waals surface area contributed by atoms with E-state index in [4.69, 9.17) is 4.74 Å². The number of halogens is 1. The van der Waals surface area contributed by atoms with E-state index in [1.165, 1.54) is 12.3 Å². The van der Waals surface area contributed by atoms with E-state index in [1.807, 2.05) is 22.8 Å². The summed E-state index contributed by atoms with van der Waals surface area (Å²) in [5.41, 5.74) is 4.21. The number of hydrogen-bond acceptors (Lipinski definition) is 4. The molecule has 0 spiro atoms. The summed E-state index contributed by atoms with van der Waals surface area (Å²) in [5, 5.41) is 0.909. The molecule has 1 aliphatic carbocycles. The van der Waals surface area contributed by atoms with Gasteiger partial charge in [0, 0.05) is 37.3 Å². The van der Waals surface area contributed by atoms with E-state index in [9.17, 15) is 9.18 Å². The van der Waals surface area contributed by atoms with Gasteiger partial charge in [-0.2, -0.15) is 4.39 Å². The van der Waals surface area contributed by atoms with Crippen LogP contribution in [0.2, 0.25) is 0 Å². The van der Waals surface area contributed by atoms with E-state index >= 15 is 0 Å². The van der Waals surface area contributed by atoms with Crippen molar-refractivity contribution in [3.05, 3.63) is 59.2 Å². The summed E-state index contributed by atoms with van der Waals surface area (Å²) in [6.07, 6.45) is 7.28. The molecule has 3 aromatic heterocycles. The van der Waals surface area contributed by atoms with Crippen LogP contribution in [-0.2, 0) is 11.8 Å². The molecule has 0 saturated heterocycles. The second-order valence-corrected chi connectivity index (χ2v) is 7.98. The lowest BCUT2D eigenvalue weighted by atomic mass is 9.92. The largest absolute Gasteiger partial charge is 0.381 e. The zero-order valence-electron chi connectivity index (χ0n) is 17.0. The van der Waals surface area contributed by atoms with Crippen LogP contribution in [0, 0.1) is 5.95 Å². The smallest absolute Gasteiger partial charge is 0.329 e. The summed E-state index contributed by atoms with van der Waals surface area (Å²) in [7, 11) is 3.53. The van der Waals surface area contributed by atoms with Gasteiger partial charge in [0.2, 0.25) is 5.95 Å². The van der Waals surface area contributed by atoms with Gasteiger partial charge in [0.1, 0.15) is 0 Å². The third-order valence-corrected chi connectivity index (χ3v) is 6.27. The third-order valence-electron chi connectivity index (χ3n) is 6.27. The number of aromatic nitrogens is 4. The predicted molar refractivity (Wildman–Crippen MR) is 114 cm³/mol. The molecule has 6 nitrogen and oxygen atoms in total. The first-order chi connectivity index (χ1) is 14.6. The van der Waals surface area contributed by atoms with E-state index in [0.717, 1.165) is 58.7 Å². The van der Waals surface area contributed by atoms with Gasteiger partial charge in [-0.25, -0.2) is 9.78 Å². The molecule has 0 N–H and O–H groups in total. The van der Waals surface area contributed by atoms with Crippen molar-refractivity contribution in [2.75, 3.05) is 7.11 Å². The molecule has 2 unspecified atom stereocenters. The second kappa shape index (κ2) is 7.32. The Morgan fingerprint density at radius 3 is 2.70 bits per heavy atom. The number of methoxy groups -OCH3 is 1. The summed E-state index contributed by atoms with van der Waals surface area (Å²) >= 11 is 0. The van der Waals surface area contributed by atoms with Crippen LogP contribution in [0.3, 0.4) is 0 Å². The predicted octanol–water partition coefficient (Wildman–Crippen LogP) is 4.22. The monoisotopic (exact) mass is 406 g/mol. The summed E-state index contributed by atoms with van der Waals surface area (Å²) in [5.74, 6) is -0.509. The summed E-state index contributed by atoms with van der Waals surface area (Å²) < 4.78 is 22.5. The van der Waals surface area contributed by atoms with Crippen LogP contribution in [0.25, 0.3) is 33.1 Å². The third kappa shape index (κ3) is 3.01. The zero-order valence-corrected chi connectivity index (χ0v) is 17.0. The van der Waals surface area contributed by atoms with Crippen molar-refractivity contribution in [2.24, 2.45) is 7.05 Å². The highest BCUT2D eigenvalue weighted by Gasteiger charge is 2.27. The molecule has 154 valence electrons. The van der Waals surface area contributed by atoms with Crippen LogP contribution in [0.4, 0.5) is 4.39 Å². The van der Waals surface area contributed by atoms with E-state index in [0.29, 0.717) is 0 Å². The van der Waals surface area contributed by atoms with Crippen molar-refractivity contribution < 1.29 is 9.13 Å². The molecular weight excluding hydrogens is 383 g/mol. The molecule has 7 heteroatoms. The number of pyridine rings is 2. The average molecular weight is 406 g/mol. The van der Waals surface area contributed by atoms with E-state index < -0.39 is 5.95 Å². The van der Waals surface area contributed by atoms with Gasteiger partial charge in [-0.05, 0) is 55.5 Å². The average Bonchev–Trinajstić information content (AvgIpc) is 3.04. The molecule has 0 amide bonds. The number of fused-ring (bicyclic) bond motifs is 3. The van der Waals surface area contributed by atoms with Crippen LogP contribution >= 0.6 is 0 Å². The highest BCUT2D eigenvalue weighted by Crippen LogP contribution is 2.34. The minimum atomic E-state index is -0.509. The first-order valence-electron chi connectivity index (χ1n) is 10.2. The lowest BCUT2D eigenvalue weighted by molar-refractivity contribution is 0.0531. The van der Waals surface area contributed by atoms with E-state index in [1.54, 1.807) is 31.0 Å². The van der Waals surface area contributed by atoms with Crippen molar-refractivity contribution in [2.45, 2.75) is 37.8 Å². The topological polar surface area (TPSA) is 61.9 Å². The lowest BCUT2D eigenvalue weighted by Crippen LogP contribution is -2.31. The molecule has 3 heterocycles.